The van der Waals surface area contributed by atoms with Crippen molar-refractivity contribution in [1.82, 2.24) is 19.6 Å². The van der Waals surface area contributed by atoms with Gasteiger partial charge in [-0.1, -0.05) is 18.2 Å². The van der Waals surface area contributed by atoms with Crippen LogP contribution in [-0.4, -0.2) is 44.7 Å². The highest BCUT2D eigenvalue weighted by Gasteiger charge is 2.28. The molecule has 1 fully saturated rings. The van der Waals surface area contributed by atoms with Gasteiger partial charge in [-0.15, -0.1) is 0 Å². The van der Waals surface area contributed by atoms with Crippen molar-refractivity contribution < 1.29 is 9.53 Å². The van der Waals surface area contributed by atoms with E-state index in [1.54, 1.807) is 22.8 Å². The summed E-state index contributed by atoms with van der Waals surface area (Å²) in [6, 6.07) is 11.1. The molecular weight excluding hydrogens is 306 g/mol. The zero-order valence-electron chi connectivity index (χ0n) is 13.1. The van der Waals surface area contributed by atoms with E-state index in [4.69, 9.17) is 4.74 Å². The van der Waals surface area contributed by atoms with Crippen molar-refractivity contribution in [3.8, 4) is 0 Å². The highest BCUT2D eigenvalue weighted by Crippen LogP contribution is 2.25. The normalized spacial score (nSPS) is 17.3. The Morgan fingerprint density at radius 3 is 2.96 bits per heavy atom. The van der Waals surface area contributed by atoms with Crippen LogP contribution in [0.15, 0.2) is 48.9 Å². The van der Waals surface area contributed by atoms with Gasteiger partial charge in [0.25, 0.3) is 5.78 Å². The van der Waals surface area contributed by atoms with E-state index < -0.39 is 0 Å². The van der Waals surface area contributed by atoms with Crippen molar-refractivity contribution in [2.45, 2.75) is 18.9 Å². The lowest BCUT2D eigenvalue weighted by Crippen LogP contribution is -2.35. The van der Waals surface area contributed by atoms with Crippen molar-refractivity contribution >= 4 is 17.6 Å². The number of aromatic nitrogens is 4. The zero-order valence-corrected chi connectivity index (χ0v) is 13.1. The molecule has 3 aromatic rings. The van der Waals surface area contributed by atoms with Gasteiger partial charge in [-0.2, -0.15) is 14.6 Å². The molecule has 7 nitrogen and oxygen atoms in total. The van der Waals surface area contributed by atoms with Gasteiger partial charge >= 0.3 is 5.97 Å². The lowest BCUT2D eigenvalue weighted by molar-refractivity contribution is 0.0482. The number of hydrogen-bond acceptors (Lipinski definition) is 6. The molecule has 1 aromatic carbocycles. The molecule has 2 aromatic heterocycles. The molecule has 1 saturated heterocycles. The van der Waals surface area contributed by atoms with E-state index in [2.05, 4.69) is 20.0 Å². The van der Waals surface area contributed by atoms with Crippen LogP contribution < -0.4 is 4.90 Å². The minimum Gasteiger partial charge on any atom is -0.460 e. The predicted molar refractivity (Wildman–Crippen MR) is 87.9 cm³/mol. The Bertz CT molecular complexity index is 848. The van der Waals surface area contributed by atoms with Crippen LogP contribution in [0, 0.1) is 0 Å². The SMILES string of the molecule is O=C(OCC1CCCN1c1ccnc2ncnn12)c1ccccc1. The second-order valence-electron chi connectivity index (χ2n) is 5.73. The molecular formula is C17H17N5O2. The maximum Gasteiger partial charge on any atom is 0.338 e. The summed E-state index contributed by atoms with van der Waals surface area (Å²) >= 11 is 0. The molecule has 0 N–H and O–H groups in total. The quantitative estimate of drug-likeness (QED) is 0.683. The van der Waals surface area contributed by atoms with E-state index in [0.29, 0.717) is 17.9 Å². The summed E-state index contributed by atoms with van der Waals surface area (Å²) in [5.41, 5.74) is 0.574. The molecule has 24 heavy (non-hydrogen) atoms. The number of carbonyl (C=O) groups excluding carboxylic acids is 1. The first-order valence-electron chi connectivity index (χ1n) is 7.96. The monoisotopic (exact) mass is 323 g/mol. The molecule has 122 valence electrons. The molecule has 0 radical (unpaired) electrons. The van der Waals surface area contributed by atoms with E-state index in [1.165, 1.54) is 6.33 Å². The van der Waals surface area contributed by atoms with Crippen LogP contribution in [0.2, 0.25) is 0 Å². The van der Waals surface area contributed by atoms with Crippen LogP contribution in [0.3, 0.4) is 0 Å². The standard InChI is InChI=1S/C17H17N5O2/c23-16(13-5-2-1-3-6-13)24-11-14-7-4-10-21(14)15-8-9-18-17-19-12-20-22(15)17/h1-3,5-6,8-9,12,14H,4,7,10-11H2. The number of nitrogens with zero attached hydrogens (tertiary/aromatic N) is 5. The Morgan fingerprint density at radius 2 is 2.08 bits per heavy atom. The maximum atomic E-state index is 12.1. The Kier molecular flexibility index (Phi) is 3.82. The predicted octanol–water partition coefficient (Wildman–Crippen LogP) is 1.95. The van der Waals surface area contributed by atoms with Gasteiger partial charge in [-0.3, -0.25) is 0 Å². The lowest BCUT2D eigenvalue weighted by Gasteiger charge is -2.26. The molecule has 1 atom stereocenters. The van der Waals surface area contributed by atoms with E-state index >= 15 is 0 Å². The highest BCUT2D eigenvalue weighted by molar-refractivity contribution is 5.89. The van der Waals surface area contributed by atoms with Crippen molar-refractivity contribution in [2.75, 3.05) is 18.1 Å². The van der Waals surface area contributed by atoms with E-state index in [-0.39, 0.29) is 12.0 Å². The van der Waals surface area contributed by atoms with Gasteiger partial charge in [0.1, 0.15) is 18.8 Å². The molecule has 7 heteroatoms. The molecule has 0 bridgehead atoms. The summed E-state index contributed by atoms with van der Waals surface area (Å²) < 4.78 is 7.24. The van der Waals surface area contributed by atoms with Crippen molar-refractivity contribution in [3.05, 3.63) is 54.5 Å². The fourth-order valence-corrected chi connectivity index (χ4v) is 3.08. The van der Waals surface area contributed by atoms with Crippen LogP contribution in [0.4, 0.5) is 5.82 Å². The second-order valence-corrected chi connectivity index (χ2v) is 5.73. The summed E-state index contributed by atoms with van der Waals surface area (Å²) in [6.07, 6.45) is 5.24. The van der Waals surface area contributed by atoms with Crippen molar-refractivity contribution in [2.24, 2.45) is 0 Å². The Balaban J connectivity index is 1.49. The van der Waals surface area contributed by atoms with Crippen LogP contribution >= 0.6 is 0 Å². The molecule has 4 rings (SSSR count). The first kappa shape index (κ1) is 14.6. The highest BCUT2D eigenvalue weighted by atomic mass is 16.5. The third-order valence-corrected chi connectivity index (χ3v) is 4.25. The lowest BCUT2D eigenvalue weighted by atomic mass is 10.2. The fraction of sp³-hybridized carbons (Fsp3) is 0.294. The van der Waals surface area contributed by atoms with Gasteiger partial charge in [0.2, 0.25) is 0 Å². The number of benzene rings is 1. The van der Waals surface area contributed by atoms with E-state index in [0.717, 1.165) is 25.2 Å². The summed E-state index contributed by atoms with van der Waals surface area (Å²) in [5, 5.41) is 4.23. The Morgan fingerprint density at radius 1 is 1.21 bits per heavy atom. The molecule has 3 heterocycles. The number of fused-ring (bicyclic) bond motifs is 1. The first-order valence-corrected chi connectivity index (χ1v) is 7.96. The summed E-state index contributed by atoms with van der Waals surface area (Å²) in [4.78, 5) is 22.7. The first-order chi connectivity index (χ1) is 11.8. The van der Waals surface area contributed by atoms with Gasteiger partial charge in [-0.25, -0.2) is 9.78 Å². The van der Waals surface area contributed by atoms with Crippen LogP contribution in [0.1, 0.15) is 23.2 Å². The van der Waals surface area contributed by atoms with Crippen molar-refractivity contribution in [3.63, 3.8) is 0 Å². The summed E-state index contributed by atoms with van der Waals surface area (Å²) in [7, 11) is 0. The number of esters is 1. The molecule has 1 aliphatic rings. The molecule has 1 unspecified atom stereocenters. The number of ether oxygens (including phenoxy) is 1. The number of rotatable bonds is 4. The third kappa shape index (κ3) is 2.68. The molecule has 0 spiro atoms. The zero-order chi connectivity index (χ0) is 16.4. The molecule has 1 aliphatic heterocycles. The number of hydrogen-bond donors (Lipinski definition) is 0. The topological polar surface area (TPSA) is 72.6 Å². The third-order valence-electron chi connectivity index (χ3n) is 4.25. The minimum absolute atomic E-state index is 0.132. The molecule has 0 aliphatic carbocycles. The average Bonchev–Trinajstić information content (AvgIpc) is 3.29. The van der Waals surface area contributed by atoms with Crippen molar-refractivity contribution in [1.29, 1.82) is 0 Å². The molecule has 0 amide bonds. The van der Waals surface area contributed by atoms with Gasteiger partial charge in [0.15, 0.2) is 0 Å². The summed E-state index contributed by atoms with van der Waals surface area (Å²) in [6.45, 7) is 1.25. The van der Waals surface area contributed by atoms with Gasteiger partial charge < -0.3 is 9.64 Å². The van der Waals surface area contributed by atoms with Gasteiger partial charge in [0, 0.05) is 12.7 Å². The summed E-state index contributed by atoms with van der Waals surface area (Å²) in [5.74, 6) is 1.21. The Hall–Kier alpha value is -2.96. The van der Waals surface area contributed by atoms with E-state index in [9.17, 15) is 4.79 Å². The molecule has 0 saturated carbocycles. The average molecular weight is 323 g/mol. The van der Waals surface area contributed by atoms with Crippen LogP contribution in [-0.2, 0) is 4.74 Å². The number of anilines is 1. The largest absolute Gasteiger partial charge is 0.460 e. The number of carbonyl (C=O) groups is 1. The minimum atomic E-state index is -0.289. The fourth-order valence-electron chi connectivity index (χ4n) is 3.08. The second kappa shape index (κ2) is 6.27. The van der Waals surface area contributed by atoms with Gasteiger partial charge in [-0.05, 0) is 31.0 Å². The maximum absolute atomic E-state index is 12.1. The smallest absolute Gasteiger partial charge is 0.338 e. The van der Waals surface area contributed by atoms with Crippen LogP contribution in [0.5, 0.6) is 0 Å². The van der Waals surface area contributed by atoms with E-state index in [1.807, 2.05) is 24.3 Å². The Labute approximate surface area is 138 Å². The van der Waals surface area contributed by atoms with Gasteiger partial charge in [0.05, 0.1) is 11.6 Å². The van der Waals surface area contributed by atoms with Crippen LogP contribution in [0.25, 0.3) is 5.78 Å².